The van der Waals surface area contributed by atoms with Crippen LogP contribution in [0.4, 0.5) is 4.39 Å². The number of allylic oxidation sites excluding steroid dienone is 8. The molecule has 0 radical (unpaired) electrons. The summed E-state index contributed by atoms with van der Waals surface area (Å²) in [5.41, 5.74) is 10.0. The molecule has 0 spiro atoms. The Morgan fingerprint density at radius 1 is 0.667 bits per heavy atom. The molecule has 0 N–H and O–H groups in total. The molecule has 2 aliphatic carbocycles. The second-order valence-corrected chi connectivity index (χ2v) is 14.1. The summed E-state index contributed by atoms with van der Waals surface area (Å²) < 4.78 is 24.7. The van der Waals surface area contributed by atoms with Gasteiger partial charge in [0.1, 0.15) is 0 Å². The Bertz CT molecular complexity index is 1270. The molecule has 0 atom stereocenters. The van der Waals surface area contributed by atoms with Gasteiger partial charge in [0.15, 0.2) is 0 Å². The van der Waals surface area contributed by atoms with E-state index in [0.717, 1.165) is 16.9 Å². The molecule has 190 valence electrons. The minimum Gasteiger partial charge on any atom is -1.00 e. The Morgan fingerprint density at radius 2 is 1.14 bits per heavy atom. The minimum atomic E-state index is -2.59. The molecule has 0 amide bonds. The van der Waals surface area contributed by atoms with Crippen LogP contribution in [0.1, 0.15) is 69.2 Å². The third kappa shape index (κ3) is 4.51. The maximum Gasteiger partial charge on any atom is -1.00 e. The Balaban J connectivity index is 0.00000361. The van der Waals surface area contributed by atoms with Crippen LogP contribution < -0.4 is 15.7 Å². The first kappa shape index (κ1) is 28.7. The number of halogens is 2. The van der Waals surface area contributed by atoms with E-state index >= 15 is 0 Å². The summed E-state index contributed by atoms with van der Waals surface area (Å²) in [6.07, 6.45) is 0. The van der Waals surface area contributed by atoms with Gasteiger partial charge >= 0.3 is 218 Å². The average molecular weight is 541 g/mol. The van der Waals surface area contributed by atoms with Crippen molar-refractivity contribution in [3.05, 3.63) is 95.5 Å². The Labute approximate surface area is 230 Å². The van der Waals surface area contributed by atoms with Crippen molar-refractivity contribution in [1.82, 2.24) is 0 Å². The van der Waals surface area contributed by atoms with Crippen LogP contribution in [0.3, 0.4) is 0 Å². The normalized spacial score (nSPS) is 18.8. The van der Waals surface area contributed by atoms with Gasteiger partial charge in [-0.05, 0) is 0 Å². The smallest absolute Gasteiger partial charge is 1.00 e. The summed E-state index contributed by atoms with van der Waals surface area (Å²) in [5.74, 6) is 0.539. The van der Waals surface area contributed by atoms with E-state index in [4.69, 9.17) is 3.32 Å². The van der Waals surface area contributed by atoms with Crippen LogP contribution >= 0.6 is 0 Å². The van der Waals surface area contributed by atoms with Gasteiger partial charge in [0, 0.05) is 0 Å². The molecule has 4 heteroatoms. The molecule has 2 aliphatic rings. The molecule has 4 rings (SSSR count). The monoisotopic (exact) mass is 540 g/mol. The maximum atomic E-state index is 14.5. The predicted molar refractivity (Wildman–Crippen MR) is 142 cm³/mol. The SMILES string of the molecule is CC1=C(C)C(C)(C)[C]([Ti+]([O]c2ccc(F)cc2-c2ccccc2)[C]2=C(C)C(C)=C(C)C2(C)C)=C1C.[Cl-]. The molecule has 0 unspecified atom stereocenters. The van der Waals surface area contributed by atoms with Crippen LogP contribution in [0.2, 0.25) is 0 Å². The Morgan fingerprint density at radius 3 is 1.56 bits per heavy atom. The van der Waals surface area contributed by atoms with E-state index in [1.807, 2.05) is 36.4 Å². The molecule has 36 heavy (non-hydrogen) atoms. The molecular weight excluding hydrogens is 503 g/mol. The molecule has 0 saturated carbocycles. The zero-order valence-electron chi connectivity index (χ0n) is 23.3. The van der Waals surface area contributed by atoms with Crippen LogP contribution in [0.5, 0.6) is 5.75 Å². The third-order valence-electron chi connectivity index (χ3n) is 8.82. The largest absolute Gasteiger partial charge is 1.00 e. The minimum absolute atomic E-state index is 0. The fraction of sp³-hybridized carbons (Fsp3) is 0.375. The third-order valence-corrected chi connectivity index (χ3v) is 14.0. The summed E-state index contributed by atoms with van der Waals surface area (Å²) in [5, 5.41) is 0. The molecule has 0 bridgehead atoms. The van der Waals surface area contributed by atoms with Gasteiger partial charge in [0.25, 0.3) is 0 Å². The molecule has 0 saturated heterocycles. The first-order valence-corrected chi connectivity index (χ1v) is 14.7. The van der Waals surface area contributed by atoms with E-state index < -0.39 is 18.3 Å². The van der Waals surface area contributed by atoms with Crippen LogP contribution in [0.15, 0.2) is 89.7 Å². The van der Waals surface area contributed by atoms with E-state index in [-0.39, 0.29) is 29.1 Å². The average Bonchev–Trinajstić information content (AvgIpc) is 3.07. The quantitative estimate of drug-likeness (QED) is 0.383. The Hall–Kier alpha value is -1.87. The number of hydrogen-bond donors (Lipinski definition) is 0. The molecular formula is C32H38ClFOTi. The summed E-state index contributed by atoms with van der Waals surface area (Å²) >= 11 is -2.59. The van der Waals surface area contributed by atoms with Crippen LogP contribution in [-0.4, -0.2) is 0 Å². The molecule has 0 fully saturated rings. The fourth-order valence-electron chi connectivity index (χ4n) is 5.87. The van der Waals surface area contributed by atoms with E-state index in [9.17, 15) is 4.39 Å². The zero-order chi connectivity index (χ0) is 25.9. The van der Waals surface area contributed by atoms with Gasteiger partial charge in [-0.1, -0.05) is 0 Å². The summed E-state index contributed by atoms with van der Waals surface area (Å²) in [6, 6.07) is 15.0. The van der Waals surface area contributed by atoms with Gasteiger partial charge < -0.3 is 12.4 Å². The standard InChI is InChI=1S/C12H9FO.2C10H15.ClH.Ti/c13-10-6-7-12(14)11(8-10)9-4-2-1-3-5-9;2*1-7-6-10(4,5)9(3)8(7)2;;/h1-8,14H;2*1-5H3;1H;/q;;;;+2/p-2. The van der Waals surface area contributed by atoms with Crippen molar-refractivity contribution in [1.29, 1.82) is 0 Å². The van der Waals surface area contributed by atoms with Gasteiger partial charge in [-0.15, -0.1) is 0 Å². The fourth-order valence-corrected chi connectivity index (χ4v) is 11.2. The first-order chi connectivity index (χ1) is 16.3. The summed E-state index contributed by atoms with van der Waals surface area (Å²) in [6.45, 7) is 23.0. The molecule has 0 aromatic heterocycles. The van der Waals surface area contributed by atoms with Crippen molar-refractivity contribution in [2.75, 3.05) is 0 Å². The molecule has 1 nitrogen and oxygen atoms in total. The molecule has 2 aromatic rings. The van der Waals surface area contributed by atoms with Gasteiger partial charge in [-0.3, -0.25) is 0 Å². The van der Waals surface area contributed by atoms with Crippen molar-refractivity contribution >= 4 is 0 Å². The van der Waals surface area contributed by atoms with Gasteiger partial charge in [-0.2, -0.15) is 0 Å². The Kier molecular flexibility index (Phi) is 8.07. The van der Waals surface area contributed by atoms with Gasteiger partial charge in [0.2, 0.25) is 0 Å². The van der Waals surface area contributed by atoms with Gasteiger partial charge in [-0.25, -0.2) is 0 Å². The number of benzene rings is 2. The van der Waals surface area contributed by atoms with Crippen molar-refractivity contribution in [3.63, 3.8) is 0 Å². The van der Waals surface area contributed by atoms with Crippen molar-refractivity contribution in [3.8, 4) is 16.9 Å². The van der Waals surface area contributed by atoms with E-state index in [0.29, 0.717) is 0 Å². The van der Waals surface area contributed by atoms with Gasteiger partial charge in [0.05, 0.1) is 0 Å². The van der Waals surface area contributed by atoms with Crippen LogP contribution in [-0.2, 0) is 18.3 Å². The van der Waals surface area contributed by atoms with Crippen molar-refractivity contribution in [2.24, 2.45) is 10.8 Å². The predicted octanol–water partition coefficient (Wildman–Crippen LogP) is 6.71. The van der Waals surface area contributed by atoms with Crippen LogP contribution in [0.25, 0.3) is 11.1 Å². The number of hydrogen-bond acceptors (Lipinski definition) is 1. The summed E-state index contributed by atoms with van der Waals surface area (Å²) in [4.78, 5) is 0. The molecule has 0 heterocycles. The van der Waals surface area contributed by atoms with E-state index in [1.54, 1.807) is 6.07 Å². The van der Waals surface area contributed by atoms with Crippen molar-refractivity contribution < 1.29 is 38.4 Å². The molecule has 0 aliphatic heterocycles. The zero-order valence-corrected chi connectivity index (χ0v) is 25.6. The first-order valence-electron chi connectivity index (χ1n) is 12.5. The van der Waals surface area contributed by atoms with Crippen LogP contribution in [0, 0.1) is 16.6 Å². The second-order valence-electron chi connectivity index (χ2n) is 11.2. The number of rotatable bonds is 5. The van der Waals surface area contributed by atoms with E-state index in [2.05, 4.69) is 69.2 Å². The maximum absolute atomic E-state index is 14.5. The topological polar surface area (TPSA) is 9.23 Å². The second kappa shape index (κ2) is 10.1. The summed E-state index contributed by atoms with van der Waals surface area (Å²) in [7, 11) is 0. The van der Waals surface area contributed by atoms with E-state index in [1.165, 1.54) is 47.3 Å². The molecule has 2 aromatic carbocycles. The van der Waals surface area contributed by atoms with Crippen molar-refractivity contribution in [2.45, 2.75) is 69.2 Å².